The molecule has 1 aliphatic rings. The first-order chi connectivity index (χ1) is 9.66. The highest BCUT2D eigenvalue weighted by Crippen LogP contribution is 2.31. The zero-order chi connectivity index (χ0) is 14.0. The standard InChI is InChI=1S/C16H21N3O/c1-12-4-3-5-13(10-12)11-14-18-15(20-19-14)16(2)6-8-17-9-7-16/h3-5,10,17H,6-9,11H2,1-2H3. The minimum atomic E-state index is 0.0309. The van der Waals surface area contributed by atoms with E-state index in [0.717, 1.165) is 44.1 Å². The maximum absolute atomic E-state index is 5.52. The fourth-order valence-electron chi connectivity index (χ4n) is 2.77. The summed E-state index contributed by atoms with van der Waals surface area (Å²) >= 11 is 0. The number of nitrogens with one attached hydrogen (secondary N) is 1. The molecule has 1 aliphatic heterocycles. The van der Waals surface area contributed by atoms with Crippen LogP contribution in [-0.2, 0) is 11.8 Å². The van der Waals surface area contributed by atoms with Crippen molar-refractivity contribution in [1.82, 2.24) is 15.5 Å². The van der Waals surface area contributed by atoms with Gasteiger partial charge < -0.3 is 9.84 Å². The molecule has 0 unspecified atom stereocenters. The zero-order valence-corrected chi connectivity index (χ0v) is 12.1. The van der Waals surface area contributed by atoms with E-state index < -0.39 is 0 Å². The van der Waals surface area contributed by atoms with Crippen molar-refractivity contribution in [3.63, 3.8) is 0 Å². The lowest BCUT2D eigenvalue weighted by Gasteiger charge is -2.30. The minimum Gasteiger partial charge on any atom is -0.339 e. The molecule has 1 saturated heterocycles. The topological polar surface area (TPSA) is 51.0 Å². The van der Waals surface area contributed by atoms with Crippen LogP contribution < -0.4 is 5.32 Å². The molecule has 1 fully saturated rings. The summed E-state index contributed by atoms with van der Waals surface area (Å²) in [5.74, 6) is 1.58. The summed E-state index contributed by atoms with van der Waals surface area (Å²) in [7, 11) is 0. The second-order valence-corrected chi connectivity index (χ2v) is 5.99. The maximum atomic E-state index is 5.52. The van der Waals surface area contributed by atoms with Gasteiger partial charge in [-0.25, -0.2) is 0 Å². The van der Waals surface area contributed by atoms with Gasteiger partial charge in [-0.05, 0) is 38.4 Å². The Labute approximate surface area is 119 Å². The molecule has 0 amide bonds. The second-order valence-electron chi connectivity index (χ2n) is 5.99. The van der Waals surface area contributed by atoms with Crippen LogP contribution in [0.25, 0.3) is 0 Å². The van der Waals surface area contributed by atoms with E-state index >= 15 is 0 Å². The van der Waals surface area contributed by atoms with Gasteiger partial charge in [0.15, 0.2) is 5.82 Å². The highest BCUT2D eigenvalue weighted by atomic mass is 16.5. The molecule has 4 heteroatoms. The minimum absolute atomic E-state index is 0.0309. The third-order valence-electron chi connectivity index (χ3n) is 4.14. The molecule has 2 aromatic rings. The number of piperidine rings is 1. The summed E-state index contributed by atoms with van der Waals surface area (Å²) in [5.41, 5.74) is 2.52. The predicted molar refractivity (Wildman–Crippen MR) is 77.7 cm³/mol. The van der Waals surface area contributed by atoms with Crippen molar-refractivity contribution in [2.24, 2.45) is 0 Å². The van der Waals surface area contributed by atoms with Gasteiger partial charge >= 0.3 is 0 Å². The summed E-state index contributed by atoms with van der Waals surface area (Å²) in [6, 6.07) is 8.44. The van der Waals surface area contributed by atoms with Gasteiger partial charge in [-0.3, -0.25) is 0 Å². The smallest absolute Gasteiger partial charge is 0.232 e. The lowest BCUT2D eigenvalue weighted by Crippen LogP contribution is -2.37. The molecular weight excluding hydrogens is 250 g/mol. The van der Waals surface area contributed by atoms with E-state index in [-0.39, 0.29) is 5.41 Å². The van der Waals surface area contributed by atoms with Crippen molar-refractivity contribution in [2.45, 2.75) is 38.5 Å². The SMILES string of the molecule is Cc1cccc(Cc2noc(C3(C)CCNCC3)n2)c1. The molecule has 1 aromatic heterocycles. The Bertz CT molecular complexity index is 585. The van der Waals surface area contributed by atoms with Crippen LogP contribution in [0, 0.1) is 6.92 Å². The van der Waals surface area contributed by atoms with Crippen LogP contribution in [-0.4, -0.2) is 23.2 Å². The molecular formula is C16H21N3O. The van der Waals surface area contributed by atoms with Crippen LogP contribution in [0.5, 0.6) is 0 Å². The zero-order valence-electron chi connectivity index (χ0n) is 12.1. The molecule has 106 valence electrons. The van der Waals surface area contributed by atoms with Crippen LogP contribution >= 0.6 is 0 Å². The summed E-state index contributed by atoms with van der Waals surface area (Å²) in [6.07, 6.45) is 2.84. The summed E-state index contributed by atoms with van der Waals surface area (Å²) < 4.78 is 5.52. The monoisotopic (exact) mass is 271 g/mol. The number of hydrogen-bond donors (Lipinski definition) is 1. The predicted octanol–water partition coefficient (Wildman–Crippen LogP) is 2.61. The van der Waals surface area contributed by atoms with E-state index in [2.05, 4.69) is 53.6 Å². The van der Waals surface area contributed by atoms with Gasteiger partial charge in [0, 0.05) is 11.8 Å². The first-order valence-corrected chi connectivity index (χ1v) is 7.25. The number of benzene rings is 1. The molecule has 1 aromatic carbocycles. The number of aryl methyl sites for hydroxylation is 1. The Morgan fingerprint density at radius 3 is 2.85 bits per heavy atom. The first-order valence-electron chi connectivity index (χ1n) is 7.25. The Kier molecular flexibility index (Phi) is 3.57. The lowest BCUT2D eigenvalue weighted by molar-refractivity contribution is 0.240. The highest BCUT2D eigenvalue weighted by Gasteiger charge is 2.34. The van der Waals surface area contributed by atoms with Crippen molar-refractivity contribution in [3.8, 4) is 0 Å². The van der Waals surface area contributed by atoms with Gasteiger partial charge in [0.05, 0.1) is 0 Å². The number of nitrogens with zero attached hydrogens (tertiary/aromatic N) is 2. The molecule has 0 saturated carbocycles. The average Bonchev–Trinajstić information content (AvgIpc) is 2.89. The summed E-state index contributed by atoms with van der Waals surface area (Å²) in [6.45, 7) is 6.36. The Hall–Kier alpha value is -1.68. The fraction of sp³-hybridized carbons (Fsp3) is 0.500. The molecule has 0 spiro atoms. The molecule has 0 aliphatic carbocycles. The third-order valence-corrected chi connectivity index (χ3v) is 4.14. The highest BCUT2D eigenvalue weighted by molar-refractivity contribution is 5.24. The Morgan fingerprint density at radius 1 is 1.30 bits per heavy atom. The van der Waals surface area contributed by atoms with Crippen LogP contribution in [0.1, 0.15) is 42.6 Å². The Morgan fingerprint density at radius 2 is 2.10 bits per heavy atom. The molecule has 3 rings (SSSR count). The molecule has 0 atom stereocenters. The number of rotatable bonds is 3. The van der Waals surface area contributed by atoms with Crippen LogP contribution in [0.3, 0.4) is 0 Å². The third kappa shape index (κ3) is 2.75. The van der Waals surface area contributed by atoms with E-state index in [0.29, 0.717) is 0 Å². The first kappa shape index (κ1) is 13.3. The molecule has 0 bridgehead atoms. The lowest BCUT2D eigenvalue weighted by atomic mass is 9.81. The van der Waals surface area contributed by atoms with Gasteiger partial charge in [0.25, 0.3) is 0 Å². The van der Waals surface area contributed by atoms with Crippen molar-refractivity contribution in [2.75, 3.05) is 13.1 Å². The van der Waals surface area contributed by atoms with E-state index in [9.17, 15) is 0 Å². The van der Waals surface area contributed by atoms with Crippen molar-refractivity contribution >= 4 is 0 Å². The van der Waals surface area contributed by atoms with Gasteiger partial charge in [-0.2, -0.15) is 4.98 Å². The van der Waals surface area contributed by atoms with E-state index in [1.54, 1.807) is 0 Å². The molecule has 1 N–H and O–H groups in total. The number of hydrogen-bond acceptors (Lipinski definition) is 4. The average molecular weight is 271 g/mol. The number of aromatic nitrogens is 2. The van der Waals surface area contributed by atoms with E-state index in [1.165, 1.54) is 11.1 Å². The normalized spacial score (nSPS) is 18.1. The summed E-state index contributed by atoms with van der Waals surface area (Å²) in [5, 5.41) is 7.53. The maximum Gasteiger partial charge on any atom is 0.232 e. The fourth-order valence-corrected chi connectivity index (χ4v) is 2.77. The quantitative estimate of drug-likeness (QED) is 0.932. The largest absolute Gasteiger partial charge is 0.339 e. The van der Waals surface area contributed by atoms with Crippen molar-refractivity contribution < 1.29 is 4.52 Å². The van der Waals surface area contributed by atoms with Crippen LogP contribution in [0.2, 0.25) is 0 Å². The van der Waals surface area contributed by atoms with E-state index in [1.807, 2.05) is 0 Å². The summed E-state index contributed by atoms with van der Waals surface area (Å²) in [4.78, 5) is 4.63. The molecule has 20 heavy (non-hydrogen) atoms. The molecule has 4 nitrogen and oxygen atoms in total. The molecule has 2 heterocycles. The van der Waals surface area contributed by atoms with Crippen molar-refractivity contribution in [1.29, 1.82) is 0 Å². The van der Waals surface area contributed by atoms with Crippen molar-refractivity contribution in [3.05, 3.63) is 47.1 Å². The van der Waals surface area contributed by atoms with Gasteiger partial charge in [0.1, 0.15) is 0 Å². The van der Waals surface area contributed by atoms with Crippen LogP contribution in [0.15, 0.2) is 28.8 Å². The van der Waals surface area contributed by atoms with Gasteiger partial charge in [-0.1, -0.05) is 41.9 Å². The molecule has 0 radical (unpaired) electrons. The van der Waals surface area contributed by atoms with Gasteiger partial charge in [0.2, 0.25) is 5.89 Å². The van der Waals surface area contributed by atoms with E-state index in [4.69, 9.17) is 4.52 Å². The Balaban J connectivity index is 1.76. The second kappa shape index (κ2) is 5.37. The van der Waals surface area contributed by atoms with Crippen LogP contribution in [0.4, 0.5) is 0 Å². The van der Waals surface area contributed by atoms with Gasteiger partial charge in [-0.15, -0.1) is 0 Å².